The van der Waals surface area contributed by atoms with E-state index < -0.39 is 0 Å². The Hall–Kier alpha value is -2.91. The van der Waals surface area contributed by atoms with Crippen LogP contribution in [-0.2, 0) is 4.79 Å². The molecule has 27 heavy (non-hydrogen) atoms. The standard InChI is InChI=1S/C24H26N2O/c1-26(2)22(19-12-6-3-7-13-19)18-25-24(27)23(20-14-8-4-9-15-20)21-16-10-5-11-17-21/h3-17,22-23H,18H2,1-2H3,(H,25,27). The summed E-state index contributed by atoms with van der Waals surface area (Å²) < 4.78 is 0. The molecule has 0 spiro atoms. The molecule has 1 N–H and O–H groups in total. The van der Waals surface area contributed by atoms with Crippen molar-refractivity contribution in [2.45, 2.75) is 12.0 Å². The first-order chi connectivity index (χ1) is 13.2. The van der Waals surface area contributed by atoms with Gasteiger partial charge in [0.2, 0.25) is 5.91 Å². The van der Waals surface area contributed by atoms with Crippen molar-refractivity contribution in [3.05, 3.63) is 108 Å². The number of carbonyl (C=O) groups is 1. The fourth-order valence-corrected chi connectivity index (χ4v) is 3.36. The molecule has 0 bridgehead atoms. The SMILES string of the molecule is CN(C)C(CNC(=O)C(c1ccccc1)c1ccccc1)c1ccccc1. The largest absolute Gasteiger partial charge is 0.353 e. The lowest BCUT2D eigenvalue weighted by molar-refractivity contribution is -0.121. The minimum Gasteiger partial charge on any atom is -0.353 e. The summed E-state index contributed by atoms with van der Waals surface area (Å²) in [4.78, 5) is 15.3. The van der Waals surface area contributed by atoms with E-state index in [1.54, 1.807) is 0 Å². The number of amides is 1. The summed E-state index contributed by atoms with van der Waals surface area (Å²) in [6.07, 6.45) is 0. The summed E-state index contributed by atoms with van der Waals surface area (Å²) >= 11 is 0. The number of nitrogens with zero attached hydrogens (tertiary/aromatic N) is 1. The molecule has 0 aliphatic carbocycles. The van der Waals surface area contributed by atoms with Crippen molar-refractivity contribution < 1.29 is 4.79 Å². The summed E-state index contributed by atoms with van der Waals surface area (Å²) in [6, 6.07) is 30.3. The van der Waals surface area contributed by atoms with Gasteiger partial charge in [0.05, 0.1) is 12.0 Å². The van der Waals surface area contributed by atoms with E-state index in [2.05, 4.69) is 22.3 Å². The Kier molecular flexibility index (Phi) is 6.39. The van der Waals surface area contributed by atoms with E-state index in [-0.39, 0.29) is 17.9 Å². The molecule has 138 valence electrons. The quantitative estimate of drug-likeness (QED) is 0.685. The van der Waals surface area contributed by atoms with E-state index in [0.29, 0.717) is 6.54 Å². The lowest BCUT2D eigenvalue weighted by Gasteiger charge is -2.26. The molecule has 0 aliphatic rings. The maximum atomic E-state index is 13.2. The van der Waals surface area contributed by atoms with Crippen molar-refractivity contribution in [1.29, 1.82) is 0 Å². The van der Waals surface area contributed by atoms with E-state index in [0.717, 1.165) is 11.1 Å². The zero-order chi connectivity index (χ0) is 19.1. The third-order valence-electron chi connectivity index (χ3n) is 4.81. The minimum atomic E-state index is -0.314. The van der Waals surface area contributed by atoms with Gasteiger partial charge in [0.1, 0.15) is 0 Å². The van der Waals surface area contributed by atoms with Gasteiger partial charge in [-0.3, -0.25) is 4.79 Å². The van der Waals surface area contributed by atoms with Gasteiger partial charge in [0, 0.05) is 6.54 Å². The van der Waals surface area contributed by atoms with Crippen molar-refractivity contribution in [1.82, 2.24) is 10.2 Å². The monoisotopic (exact) mass is 358 g/mol. The Morgan fingerprint density at radius 1 is 0.741 bits per heavy atom. The average Bonchev–Trinajstić information content (AvgIpc) is 2.70. The maximum Gasteiger partial charge on any atom is 0.232 e. The van der Waals surface area contributed by atoms with Crippen LogP contribution in [-0.4, -0.2) is 31.4 Å². The minimum absolute atomic E-state index is 0.0233. The molecule has 3 heteroatoms. The lowest BCUT2D eigenvalue weighted by Crippen LogP contribution is -2.37. The van der Waals surface area contributed by atoms with Gasteiger partial charge in [0.25, 0.3) is 0 Å². The Bertz CT molecular complexity index is 793. The van der Waals surface area contributed by atoms with Gasteiger partial charge in [-0.25, -0.2) is 0 Å². The molecular weight excluding hydrogens is 332 g/mol. The van der Waals surface area contributed by atoms with E-state index >= 15 is 0 Å². The van der Waals surface area contributed by atoms with Gasteiger partial charge in [-0.2, -0.15) is 0 Å². The van der Waals surface area contributed by atoms with Gasteiger partial charge in [-0.1, -0.05) is 91.0 Å². The van der Waals surface area contributed by atoms with Crippen LogP contribution in [0.2, 0.25) is 0 Å². The Morgan fingerprint density at radius 3 is 1.56 bits per heavy atom. The number of carbonyl (C=O) groups excluding carboxylic acids is 1. The van der Waals surface area contributed by atoms with Gasteiger partial charge in [-0.15, -0.1) is 0 Å². The molecule has 1 atom stereocenters. The van der Waals surface area contributed by atoms with Crippen molar-refractivity contribution in [2.24, 2.45) is 0 Å². The van der Waals surface area contributed by atoms with Crippen LogP contribution in [0.25, 0.3) is 0 Å². The van der Waals surface area contributed by atoms with Gasteiger partial charge < -0.3 is 10.2 Å². The molecule has 3 aromatic carbocycles. The lowest BCUT2D eigenvalue weighted by atomic mass is 9.90. The van der Waals surface area contributed by atoms with E-state index in [4.69, 9.17) is 0 Å². The fourth-order valence-electron chi connectivity index (χ4n) is 3.36. The highest BCUT2D eigenvalue weighted by Gasteiger charge is 2.24. The number of hydrogen-bond donors (Lipinski definition) is 1. The third kappa shape index (κ3) is 4.83. The van der Waals surface area contributed by atoms with Crippen LogP contribution >= 0.6 is 0 Å². The molecule has 0 radical (unpaired) electrons. The smallest absolute Gasteiger partial charge is 0.232 e. The summed E-state index contributed by atoms with van der Waals surface area (Å²) in [7, 11) is 4.07. The second-order valence-electron chi connectivity index (χ2n) is 6.89. The first kappa shape index (κ1) is 18.9. The van der Waals surface area contributed by atoms with Gasteiger partial charge in [-0.05, 0) is 30.8 Å². The molecule has 3 aromatic rings. The molecule has 0 aliphatic heterocycles. The van der Waals surface area contributed by atoms with Crippen LogP contribution in [0.4, 0.5) is 0 Å². The van der Waals surface area contributed by atoms with Crippen LogP contribution < -0.4 is 5.32 Å². The molecule has 3 nitrogen and oxygen atoms in total. The number of likely N-dealkylation sites (N-methyl/N-ethyl adjacent to an activating group) is 1. The highest BCUT2D eigenvalue weighted by Crippen LogP contribution is 2.25. The normalized spacial score (nSPS) is 12.1. The molecule has 1 amide bonds. The maximum absolute atomic E-state index is 13.2. The Balaban J connectivity index is 1.80. The van der Waals surface area contributed by atoms with Crippen LogP contribution in [0.3, 0.4) is 0 Å². The second-order valence-corrected chi connectivity index (χ2v) is 6.89. The van der Waals surface area contributed by atoms with Crippen LogP contribution in [0, 0.1) is 0 Å². The Morgan fingerprint density at radius 2 is 1.15 bits per heavy atom. The van der Waals surface area contributed by atoms with Crippen molar-refractivity contribution in [3.63, 3.8) is 0 Å². The number of rotatable bonds is 7. The molecule has 0 aromatic heterocycles. The topological polar surface area (TPSA) is 32.3 Å². The molecular formula is C24H26N2O. The summed E-state index contributed by atoms with van der Waals surface area (Å²) in [5.41, 5.74) is 3.20. The van der Waals surface area contributed by atoms with Crippen molar-refractivity contribution >= 4 is 5.91 Å². The molecule has 3 rings (SSSR count). The van der Waals surface area contributed by atoms with E-state index in [1.807, 2.05) is 93.0 Å². The van der Waals surface area contributed by atoms with E-state index in [1.165, 1.54) is 5.56 Å². The van der Waals surface area contributed by atoms with Crippen LogP contribution in [0.1, 0.15) is 28.7 Å². The highest BCUT2D eigenvalue weighted by atomic mass is 16.1. The first-order valence-electron chi connectivity index (χ1n) is 9.26. The molecule has 0 saturated heterocycles. The third-order valence-corrected chi connectivity index (χ3v) is 4.81. The van der Waals surface area contributed by atoms with Crippen molar-refractivity contribution in [3.8, 4) is 0 Å². The van der Waals surface area contributed by atoms with Crippen LogP contribution in [0.15, 0.2) is 91.0 Å². The number of benzene rings is 3. The van der Waals surface area contributed by atoms with E-state index in [9.17, 15) is 4.79 Å². The second kappa shape index (κ2) is 9.15. The first-order valence-corrected chi connectivity index (χ1v) is 9.26. The summed E-state index contributed by atoms with van der Waals surface area (Å²) in [6.45, 7) is 0.562. The predicted molar refractivity (Wildman–Crippen MR) is 111 cm³/mol. The fraction of sp³-hybridized carbons (Fsp3) is 0.208. The molecule has 0 saturated carbocycles. The van der Waals surface area contributed by atoms with Gasteiger partial charge >= 0.3 is 0 Å². The zero-order valence-electron chi connectivity index (χ0n) is 15.9. The average molecular weight is 358 g/mol. The van der Waals surface area contributed by atoms with Crippen molar-refractivity contribution in [2.75, 3.05) is 20.6 Å². The predicted octanol–water partition coefficient (Wildman–Crippen LogP) is 4.24. The molecule has 0 fully saturated rings. The number of hydrogen-bond acceptors (Lipinski definition) is 2. The van der Waals surface area contributed by atoms with Crippen LogP contribution in [0.5, 0.6) is 0 Å². The molecule has 0 heterocycles. The summed E-state index contributed by atoms with van der Waals surface area (Å²) in [5, 5.41) is 3.18. The number of nitrogens with one attached hydrogen (secondary N) is 1. The molecule has 1 unspecified atom stereocenters. The summed E-state index contributed by atoms with van der Waals surface area (Å²) in [5.74, 6) is -0.291. The Labute approximate surface area is 161 Å². The van der Waals surface area contributed by atoms with Gasteiger partial charge in [0.15, 0.2) is 0 Å². The zero-order valence-corrected chi connectivity index (χ0v) is 15.9. The highest BCUT2D eigenvalue weighted by molar-refractivity contribution is 5.87.